The van der Waals surface area contributed by atoms with E-state index < -0.39 is 34.3 Å². The van der Waals surface area contributed by atoms with Gasteiger partial charge in [-0.25, -0.2) is 14.2 Å². The Labute approximate surface area is 187 Å². The molecule has 2 aromatic rings. The topological polar surface area (TPSA) is 107 Å². The standard InChI is InChI=1S/C19H24ClFN4O5S/c1-19(2,3)30-18(27)25-6-5-7-28-8-10(25)9-29-16-11-13(12(21)14(20)23-16)22-17(31-4)24-15(11)26/h10H,5-9H2,1-4H3,(H,22,24,26)/t10-/m1/s1. The summed E-state index contributed by atoms with van der Waals surface area (Å²) in [6, 6.07) is -0.504. The van der Waals surface area contributed by atoms with Gasteiger partial charge in [0.05, 0.1) is 12.6 Å². The molecular formula is C19H24ClFN4O5S. The summed E-state index contributed by atoms with van der Waals surface area (Å²) in [4.78, 5) is 37.2. The molecule has 2 aromatic heterocycles. The van der Waals surface area contributed by atoms with Crippen LogP contribution in [0.5, 0.6) is 5.88 Å². The number of thioether (sulfide) groups is 1. The van der Waals surface area contributed by atoms with E-state index in [4.69, 9.17) is 25.8 Å². The van der Waals surface area contributed by atoms with Gasteiger partial charge in [0, 0.05) is 13.2 Å². The van der Waals surface area contributed by atoms with Crippen molar-refractivity contribution in [2.45, 2.75) is 44.0 Å². The van der Waals surface area contributed by atoms with Crippen LogP contribution in [0.15, 0.2) is 9.95 Å². The predicted octanol–water partition coefficient (Wildman–Crippen LogP) is 3.24. The van der Waals surface area contributed by atoms with Crippen LogP contribution in [-0.2, 0) is 9.47 Å². The van der Waals surface area contributed by atoms with Crippen LogP contribution >= 0.6 is 23.4 Å². The number of pyridine rings is 1. The molecule has 0 radical (unpaired) electrons. The average Bonchev–Trinajstić information content (AvgIpc) is 2.93. The number of carbonyl (C=O) groups excluding carboxylic acids is 1. The summed E-state index contributed by atoms with van der Waals surface area (Å²) < 4.78 is 31.3. The number of hydrogen-bond acceptors (Lipinski definition) is 8. The Morgan fingerprint density at radius 1 is 1.42 bits per heavy atom. The van der Waals surface area contributed by atoms with E-state index in [2.05, 4.69) is 15.0 Å². The Morgan fingerprint density at radius 3 is 2.84 bits per heavy atom. The fourth-order valence-corrected chi connectivity index (χ4v) is 3.55. The Bertz CT molecular complexity index is 1030. The fraction of sp³-hybridized carbons (Fsp3) is 0.579. The highest BCUT2D eigenvalue weighted by Crippen LogP contribution is 2.28. The lowest BCUT2D eigenvalue weighted by atomic mass is 10.2. The Morgan fingerprint density at radius 2 is 2.16 bits per heavy atom. The molecule has 1 atom stereocenters. The number of aromatic amines is 1. The SMILES string of the molecule is CSc1nc2c(F)c(Cl)nc(OC[C@H]3COCCCN3C(=O)OC(C)(C)C)c2c(=O)[nH]1. The third kappa shape index (κ3) is 5.58. The highest BCUT2D eigenvalue weighted by molar-refractivity contribution is 7.98. The molecule has 1 amide bonds. The Kier molecular flexibility index (Phi) is 7.28. The molecule has 0 aliphatic carbocycles. The van der Waals surface area contributed by atoms with Crippen LogP contribution in [0.1, 0.15) is 27.2 Å². The molecule has 12 heteroatoms. The average molecular weight is 475 g/mol. The van der Waals surface area contributed by atoms with Crippen molar-refractivity contribution >= 4 is 40.4 Å². The number of H-pyrrole nitrogens is 1. The zero-order valence-electron chi connectivity index (χ0n) is 17.7. The van der Waals surface area contributed by atoms with Gasteiger partial charge in [0.15, 0.2) is 16.1 Å². The maximum atomic E-state index is 14.5. The van der Waals surface area contributed by atoms with E-state index in [-0.39, 0.29) is 35.2 Å². The molecule has 3 heterocycles. The highest BCUT2D eigenvalue weighted by atomic mass is 35.5. The van der Waals surface area contributed by atoms with Gasteiger partial charge in [0.1, 0.15) is 23.1 Å². The van der Waals surface area contributed by atoms with Gasteiger partial charge in [0.2, 0.25) is 5.88 Å². The van der Waals surface area contributed by atoms with Gasteiger partial charge in [-0.2, -0.15) is 4.98 Å². The maximum absolute atomic E-state index is 14.5. The fourth-order valence-electron chi connectivity index (χ4n) is 3.01. The van der Waals surface area contributed by atoms with E-state index in [1.807, 2.05) is 0 Å². The zero-order valence-corrected chi connectivity index (χ0v) is 19.2. The van der Waals surface area contributed by atoms with E-state index in [9.17, 15) is 14.0 Å². The number of amides is 1. The van der Waals surface area contributed by atoms with Gasteiger partial charge in [-0.3, -0.25) is 9.69 Å². The van der Waals surface area contributed by atoms with Crippen LogP contribution in [0.4, 0.5) is 9.18 Å². The summed E-state index contributed by atoms with van der Waals surface area (Å²) in [5, 5.41) is -0.385. The second-order valence-corrected chi connectivity index (χ2v) is 9.04. The normalized spacial score (nSPS) is 17.5. The predicted molar refractivity (Wildman–Crippen MR) is 115 cm³/mol. The second kappa shape index (κ2) is 9.58. The van der Waals surface area contributed by atoms with Gasteiger partial charge in [-0.1, -0.05) is 23.4 Å². The lowest BCUT2D eigenvalue weighted by Crippen LogP contribution is -2.47. The van der Waals surface area contributed by atoms with Crippen LogP contribution in [-0.4, -0.2) is 70.2 Å². The maximum Gasteiger partial charge on any atom is 0.410 e. The van der Waals surface area contributed by atoms with Crippen molar-refractivity contribution in [1.82, 2.24) is 19.9 Å². The minimum atomic E-state index is -0.904. The first-order chi connectivity index (χ1) is 14.6. The number of nitrogens with one attached hydrogen (secondary N) is 1. The Hall–Kier alpha value is -2.11. The first-order valence-corrected chi connectivity index (χ1v) is 11.2. The number of rotatable bonds is 4. The van der Waals surface area contributed by atoms with Crippen LogP contribution in [0.2, 0.25) is 5.15 Å². The van der Waals surface area contributed by atoms with Crippen LogP contribution in [0.25, 0.3) is 10.9 Å². The molecule has 1 aliphatic heterocycles. The molecule has 1 fully saturated rings. The molecule has 1 N–H and O–H groups in total. The van der Waals surface area contributed by atoms with E-state index in [1.165, 1.54) is 4.90 Å². The van der Waals surface area contributed by atoms with Crippen LogP contribution < -0.4 is 10.3 Å². The van der Waals surface area contributed by atoms with Crippen molar-refractivity contribution in [2.75, 3.05) is 32.6 Å². The molecule has 1 aliphatic rings. The minimum absolute atomic E-state index is 0.0625. The molecule has 9 nitrogen and oxygen atoms in total. The van der Waals surface area contributed by atoms with Crippen LogP contribution in [0, 0.1) is 5.82 Å². The van der Waals surface area contributed by atoms with Gasteiger partial charge in [-0.15, -0.1) is 0 Å². The number of aromatic nitrogens is 3. The van der Waals surface area contributed by atoms with E-state index in [1.54, 1.807) is 27.0 Å². The van der Waals surface area contributed by atoms with Gasteiger partial charge < -0.3 is 19.2 Å². The number of carbonyl (C=O) groups is 1. The molecule has 31 heavy (non-hydrogen) atoms. The van der Waals surface area contributed by atoms with Crippen molar-refractivity contribution in [2.24, 2.45) is 0 Å². The molecule has 0 bridgehead atoms. The van der Waals surface area contributed by atoms with Gasteiger partial charge in [-0.05, 0) is 33.4 Å². The van der Waals surface area contributed by atoms with E-state index in [0.29, 0.717) is 19.6 Å². The largest absolute Gasteiger partial charge is 0.475 e. The van der Waals surface area contributed by atoms with E-state index in [0.717, 1.165) is 11.8 Å². The Balaban J connectivity index is 1.90. The molecular weight excluding hydrogens is 451 g/mol. The molecule has 0 unspecified atom stereocenters. The monoisotopic (exact) mass is 474 g/mol. The molecule has 0 aromatic carbocycles. The van der Waals surface area contributed by atoms with Crippen molar-refractivity contribution in [3.63, 3.8) is 0 Å². The van der Waals surface area contributed by atoms with Crippen LogP contribution in [0.3, 0.4) is 0 Å². The highest BCUT2D eigenvalue weighted by Gasteiger charge is 2.31. The lowest BCUT2D eigenvalue weighted by molar-refractivity contribution is 0.00513. The summed E-state index contributed by atoms with van der Waals surface area (Å²) in [5.74, 6) is -1.07. The van der Waals surface area contributed by atoms with Gasteiger partial charge >= 0.3 is 6.09 Å². The smallest absolute Gasteiger partial charge is 0.410 e. The van der Waals surface area contributed by atoms with Crippen molar-refractivity contribution < 1.29 is 23.4 Å². The third-order valence-corrected chi connectivity index (χ3v) is 5.20. The first-order valence-electron chi connectivity index (χ1n) is 9.64. The molecule has 1 saturated heterocycles. The van der Waals surface area contributed by atoms with Crippen molar-refractivity contribution in [3.05, 3.63) is 21.3 Å². The number of hydrogen-bond donors (Lipinski definition) is 1. The number of fused-ring (bicyclic) bond motifs is 1. The molecule has 0 saturated carbocycles. The van der Waals surface area contributed by atoms with Crippen molar-refractivity contribution in [1.29, 1.82) is 0 Å². The molecule has 170 valence electrons. The summed E-state index contributed by atoms with van der Waals surface area (Å²) in [6.45, 7) is 6.39. The molecule has 3 rings (SSSR count). The van der Waals surface area contributed by atoms with E-state index >= 15 is 0 Å². The quantitative estimate of drug-likeness (QED) is 0.409. The zero-order chi connectivity index (χ0) is 22.8. The summed E-state index contributed by atoms with van der Waals surface area (Å²) >= 11 is 7.06. The van der Waals surface area contributed by atoms with Crippen molar-refractivity contribution in [3.8, 4) is 5.88 Å². The number of nitrogens with zero attached hydrogens (tertiary/aromatic N) is 3. The number of ether oxygens (including phenoxy) is 3. The number of halogens is 2. The third-order valence-electron chi connectivity index (χ3n) is 4.37. The minimum Gasteiger partial charge on any atom is -0.475 e. The lowest BCUT2D eigenvalue weighted by Gasteiger charge is -2.31. The summed E-state index contributed by atoms with van der Waals surface area (Å²) in [7, 11) is 0. The van der Waals surface area contributed by atoms with Gasteiger partial charge in [0.25, 0.3) is 5.56 Å². The second-order valence-electron chi connectivity index (χ2n) is 7.89. The molecule has 0 spiro atoms. The summed E-state index contributed by atoms with van der Waals surface area (Å²) in [6.07, 6.45) is 1.84. The first kappa shape index (κ1) is 23.6. The summed E-state index contributed by atoms with van der Waals surface area (Å²) in [5.41, 5.74) is -1.50.